The van der Waals surface area contributed by atoms with E-state index in [1.54, 1.807) is 51.1 Å². The Hall–Kier alpha value is -2.44. The molecule has 2 unspecified atom stereocenters. The molecular formula is C20H23NO4S. The van der Waals surface area contributed by atoms with Crippen LogP contribution in [0, 0.1) is 0 Å². The highest BCUT2D eigenvalue weighted by Gasteiger charge is 2.17. The summed E-state index contributed by atoms with van der Waals surface area (Å²) in [6, 6.07) is 16.3. The normalized spacial score (nSPS) is 14.0. The standard InChI is InChI=1S/C20H23NO4S/c1-20(2,3)25-19(22)21-17-12-10-16(11-13-17)18(26(23)24)14-9-15-7-5-4-6-8-15/h4-14,18H,1-3H3,(H,21,22)(H,23,24). The summed E-state index contributed by atoms with van der Waals surface area (Å²) >= 11 is -2.06. The number of nitrogens with one attached hydrogen (secondary N) is 1. The van der Waals surface area contributed by atoms with Gasteiger partial charge >= 0.3 is 6.09 Å². The van der Waals surface area contributed by atoms with Crippen molar-refractivity contribution in [2.45, 2.75) is 31.6 Å². The molecule has 0 aliphatic rings. The number of benzene rings is 2. The zero-order chi connectivity index (χ0) is 19.2. The Labute approximate surface area is 156 Å². The molecule has 0 saturated heterocycles. The van der Waals surface area contributed by atoms with Crippen LogP contribution < -0.4 is 5.32 Å². The average Bonchev–Trinajstić information content (AvgIpc) is 2.55. The lowest BCUT2D eigenvalue weighted by atomic mass is 10.1. The molecule has 0 fully saturated rings. The van der Waals surface area contributed by atoms with E-state index in [9.17, 15) is 13.6 Å². The minimum Gasteiger partial charge on any atom is -0.444 e. The van der Waals surface area contributed by atoms with E-state index in [0.29, 0.717) is 11.3 Å². The maximum atomic E-state index is 11.8. The second kappa shape index (κ2) is 8.78. The highest BCUT2D eigenvalue weighted by Crippen LogP contribution is 2.24. The average molecular weight is 373 g/mol. The largest absolute Gasteiger partial charge is 0.444 e. The van der Waals surface area contributed by atoms with Crippen molar-refractivity contribution >= 4 is 28.9 Å². The number of anilines is 1. The van der Waals surface area contributed by atoms with Crippen LogP contribution in [0.1, 0.15) is 37.1 Å². The molecule has 2 rings (SSSR count). The van der Waals surface area contributed by atoms with E-state index in [4.69, 9.17) is 4.74 Å². The predicted molar refractivity (Wildman–Crippen MR) is 105 cm³/mol. The zero-order valence-electron chi connectivity index (χ0n) is 15.0. The van der Waals surface area contributed by atoms with Gasteiger partial charge in [-0.3, -0.25) is 5.32 Å². The van der Waals surface area contributed by atoms with E-state index in [-0.39, 0.29) is 0 Å². The lowest BCUT2D eigenvalue weighted by Gasteiger charge is -2.19. The second-order valence-electron chi connectivity index (χ2n) is 6.72. The Balaban J connectivity index is 2.09. The van der Waals surface area contributed by atoms with Gasteiger partial charge in [-0.05, 0) is 44.0 Å². The molecular weight excluding hydrogens is 350 g/mol. The van der Waals surface area contributed by atoms with Gasteiger partial charge in [0.05, 0.1) is 0 Å². The molecule has 6 heteroatoms. The Bertz CT molecular complexity index is 780. The molecule has 2 N–H and O–H groups in total. The number of hydrogen-bond donors (Lipinski definition) is 2. The van der Waals surface area contributed by atoms with Crippen LogP contribution in [0.2, 0.25) is 0 Å². The first-order valence-corrected chi connectivity index (χ1v) is 9.34. The number of amides is 1. The van der Waals surface area contributed by atoms with Crippen LogP contribution in [0.5, 0.6) is 0 Å². The van der Waals surface area contributed by atoms with Gasteiger partial charge in [0.15, 0.2) is 11.1 Å². The molecule has 2 aromatic carbocycles. The first-order chi connectivity index (χ1) is 12.2. The van der Waals surface area contributed by atoms with Crippen molar-refractivity contribution in [2.75, 3.05) is 5.32 Å². The molecule has 0 heterocycles. The zero-order valence-corrected chi connectivity index (χ0v) is 15.8. The van der Waals surface area contributed by atoms with Gasteiger partial charge in [0, 0.05) is 5.69 Å². The van der Waals surface area contributed by atoms with E-state index in [2.05, 4.69) is 5.32 Å². The van der Waals surface area contributed by atoms with Crippen LogP contribution >= 0.6 is 0 Å². The topological polar surface area (TPSA) is 75.6 Å². The molecule has 2 aromatic rings. The minimum absolute atomic E-state index is 0.545. The van der Waals surface area contributed by atoms with Crippen LogP contribution in [0.3, 0.4) is 0 Å². The second-order valence-corrected chi connectivity index (χ2v) is 7.78. The third-order valence-electron chi connectivity index (χ3n) is 3.36. The Morgan fingerprint density at radius 1 is 1.12 bits per heavy atom. The SMILES string of the molecule is CC(C)(C)OC(=O)Nc1ccc(C(C=Cc2ccccc2)S(=O)O)cc1. The quantitative estimate of drug-likeness (QED) is 0.723. The summed E-state index contributed by atoms with van der Waals surface area (Å²) in [4.78, 5) is 11.8. The van der Waals surface area contributed by atoms with Gasteiger partial charge in [0.2, 0.25) is 0 Å². The van der Waals surface area contributed by atoms with Crippen molar-refractivity contribution in [3.8, 4) is 0 Å². The number of carbonyl (C=O) groups excluding carboxylic acids is 1. The van der Waals surface area contributed by atoms with Crippen molar-refractivity contribution < 1.29 is 18.3 Å². The molecule has 0 radical (unpaired) electrons. The van der Waals surface area contributed by atoms with Crippen LogP contribution in [-0.4, -0.2) is 20.5 Å². The molecule has 1 amide bonds. The number of ether oxygens (including phenoxy) is 1. The first kappa shape index (κ1) is 19.9. The predicted octanol–water partition coefficient (Wildman–Crippen LogP) is 5.01. The van der Waals surface area contributed by atoms with E-state index >= 15 is 0 Å². The molecule has 138 valence electrons. The highest BCUT2D eigenvalue weighted by molar-refractivity contribution is 7.79. The number of hydrogen-bond acceptors (Lipinski definition) is 3. The Morgan fingerprint density at radius 2 is 1.73 bits per heavy atom. The molecule has 0 aliphatic heterocycles. The summed E-state index contributed by atoms with van der Waals surface area (Å²) in [5.41, 5.74) is 1.60. The van der Waals surface area contributed by atoms with Crippen molar-refractivity contribution in [1.29, 1.82) is 0 Å². The lowest BCUT2D eigenvalue weighted by Crippen LogP contribution is -2.27. The fourth-order valence-corrected chi connectivity index (χ4v) is 2.84. The summed E-state index contributed by atoms with van der Waals surface area (Å²) in [7, 11) is 0. The van der Waals surface area contributed by atoms with E-state index in [1.807, 2.05) is 36.4 Å². The van der Waals surface area contributed by atoms with Gasteiger partial charge < -0.3 is 9.29 Å². The van der Waals surface area contributed by atoms with Crippen molar-refractivity contribution in [3.05, 3.63) is 71.8 Å². The first-order valence-electron chi connectivity index (χ1n) is 8.17. The molecule has 2 atom stereocenters. The maximum Gasteiger partial charge on any atom is 0.412 e. The fourth-order valence-electron chi connectivity index (χ4n) is 2.23. The smallest absolute Gasteiger partial charge is 0.412 e. The van der Waals surface area contributed by atoms with E-state index < -0.39 is 28.0 Å². The molecule has 0 aliphatic carbocycles. The summed E-state index contributed by atoms with van der Waals surface area (Å²) in [6.45, 7) is 5.36. The molecule has 0 bridgehead atoms. The monoisotopic (exact) mass is 373 g/mol. The van der Waals surface area contributed by atoms with E-state index in [0.717, 1.165) is 5.56 Å². The molecule has 26 heavy (non-hydrogen) atoms. The van der Waals surface area contributed by atoms with Crippen molar-refractivity contribution in [2.24, 2.45) is 0 Å². The number of carbonyl (C=O) groups is 1. The van der Waals surface area contributed by atoms with Crippen LogP contribution in [0.15, 0.2) is 60.7 Å². The van der Waals surface area contributed by atoms with Crippen molar-refractivity contribution in [1.82, 2.24) is 0 Å². The van der Waals surface area contributed by atoms with Crippen molar-refractivity contribution in [3.63, 3.8) is 0 Å². The Kier molecular flexibility index (Phi) is 6.71. The van der Waals surface area contributed by atoms with Gasteiger partial charge in [0.25, 0.3) is 0 Å². The maximum absolute atomic E-state index is 11.8. The van der Waals surface area contributed by atoms with Gasteiger partial charge in [-0.1, -0.05) is 54.6 Å². The fraction of sp³-hybridized carbons (Fsp3) is 0.250. The van der Waals surface area contributed by atoms with Crippen LogP contribution in [-0.2, 0) is 15.8 Å². The molecule has 0 aromatic heterocycles. The molecule has 5 nitrogen and oxygen atoms in total. The van der Waals surface area contributed by atoms with Crippen LogP contribution in [0.4, 0.5) is 10.5 Å². The molecule has 0 saturated carbocycles. The van der Waals surface area contributed by atoms with E-state index in [1.165, 1.54) is 0 Å². The summed E-state index contributed by atoms with van der Waals surface area (Å²) in [5, 5.41) is 1.97. The van der Waals surface area contributed by atoms with Gasteiger partial charge in [-0.25, -0.2) is 9.00 Å². The minimum atomic E-state index is -2.06. The summed E-state index contributed by atoms with van der Waals surface area (Å²) in [6.07, 6.45) is 2.96. The lowest BCUT2D eigenvalue weighted by molar-refractivity contribution is 0.0636. The third-order valence-corrected chi connectivity index (χ3v) is 4.23. The number of rotatable bonds is 5. The van der Waals surface area contributed by atoms with Gasteiger partial charge in [-0.15, -0.1) is 0 Å². The Morgan fingerprint density at radius 3 is 2.27 bits per heavy atom. The summed E-state index contributed by atoms with van der Waals surface area (Å²) < 4.78 is 26.5. The van der Waals surface area contributed by atoms with Gasteiger partial charge in [-0.2, -0.15) is 0 Å². The summed E-state index contributed by atoms with van der Waals surface area (Å²) in [5.74, 6) is 0. The van der Waals surface area contributed by atoms with Crippen LogP contribution in [0.25, 0.3) is 6.08 Å². The highest BCUT2D eigenvalue weighted by atomic mass is 32.2. The molecule has 0 spiro atoms. The van der Waals surface area contributed by atoms with Gasteiger partial charge in [0.1, 0.15) is 10.9 Å². The third kappa shape index (κ3) is 6.46.